The Kier molecular flexibility index (Phi) is 5.06. The smallest absolute Gasteiger partial charge is 0.352 e. The van der Waals surface area contributed by atoms with Gasteiger partial charge in [-0.3, -0.25) is 9.59 Å². The first kappa shape index (κ1) is 17.7. The van der Waals surface area contributed by atoms with Crippen LogP contribution in [0.2, 0.25) is 0 Å². The highest BCUT2D eigenvalue weighted by Crippen LogP contribution is 2.29. The molecule has 5 nitrogen and oxygen atoms in total. The molecule has 2 N–H and O–H groups in total. The van der Waals surface area contributed by atoms with Gasteiger partial charge in [0.1, 0.15) is 5.56 Å². The van der Waals surface area contributed by atoms with Crippen LogP contribution in [-0.4, -0.2) is 22.6 Å². The monoisotopic (exact) mass is 339 g/mol. The Hall–Kier alpha value is -2.64. The van der Waals surface area contributed by atoms with Crippen molar-refractivity contribution in [3.05, 3.63) is 62.6 Å². The Morgan fingerprint density at radius 1 is 1.21 bits per heavy atom. The van der Waals surface area contributed by atoms with Crippen molar-refractivity contribution >= 4 is 5.91 Å². The van der Waals surface area contributed by atoms with Crippen LogP contribution in [0.3, 0.4) is 0 Å². The lowest BCUT2D eigenvalue weighted by Crippen LogP contribution is -2.33. The molecule has 8 heteroatoms. The van der Waals surface area contributed by atoms with Gasteiger partial charge in [0.2, 0.25) is 0 Å². The lowest BCUT2D eigenvalue weighted by Gasteiger charge is -2.09. The number of aromatic nitrogens is 2. The van der Waals surface area contributed by atoms with Gasteiger partial charge in [0.25, 0.3) is 11.5 Å². The van der Waals surface area contributed by atoms with Crippen molar-refractivity contribution in [2.24, 2.45) is 0 Å². The van der Waals surface area contributed by atoms with Crippen molar-refractivity contribution < 1.29 is 18.0 Å². The van der Waals surface area contributed by atoms with E-state index in [9.17, 15) is 22.8 Å². The Balaban J connectivity index is 1.99. The fourth-order valence-electron chi connectivity index (χ4n) is 2.17. The number of hydrogen-bond donors (Lipinski definition) is 2. The zero-order valence-electron chi connectivity index (χ0n) is 13.1. The van der Waals surface area contributed by atoms with Crippen LogP contribution in [0.15, 0.2) is 29.1 Å². The first-order valence-corrected chi connectivity index (χ1v) is 7.20. The molecule has 1 amide bonds. The number of carbonyl (C=O) groups is 1. The van der Waals surface area contributed by atoms with Crippen LogP contribution < -0.4 is 10.9 Å². The molecule has 2 rings (SSSR count). The van der Waals surface area contributed by atoms with E-state index in [1.807, 2.05) is 0 Å². The fraction of sp³-hybridized carbons (Fsp3) is 0.312. The van der Waals surface area contributed by atoms with Crippen LogP contribution in [0.1, 0.15) is 32.7 Å². The number of hydrogen-bond acceptors (Lipinski definition) is 3. The second kappa shape index (κ2) is 6.86. The summed E-state index contributed by atoms with van der Waals surface area (Å²) in [6.45, 7) is 3.50. The van der Waals surface area contributed by atoms with Crippen LogP contribution in [-0.2, 0) is 12.6 Å². The van der Waals surface area contributed by atoms with E-state index in [-0.39, 0.29) is 12.1 Å². The minimum atomic E-state index is -4.37. The topological polar surface area (TPSA) is 74.8 Å². The molecule has 0 saturated carbocycles. The fourth-order valence-corrected chi connectivity index (χ4v) is 2.17. The minimum absolute atomic E-state index is 0.00470. The number of rotatable bonds is 4. The molecular weight excluding hydrogens is 323 g/mol. The van der Waals surface area contributed by atoms with E-state index in [0.29, 0.717) is 23.2 Å². The third kappa shape index (κ3) is 4.01. The number of benzene rings is 1. The molecular formula is C16H16F3N3O2. The van der Waals surface area contributed by atoms with Gasteiger partial charge in [-0.15, -0.1) is 0 Å². The van der Waals surface area contributed by atoms with Crippen molar-refractivity contribution in [2.45, 2.75) is 26.4 Å². The maximum Gasteiger partial charge on any atom is 0.416 e. The summed E-state index contributed by atoms with van der Waals surface area (Å²) < 4.78 is 37.4. The Bertz CT molecular complexity index is 796. The van der Waals surface area contributed by atoms with Crippen LogP contribution >= 0.6 is 0 Å². The van der Waals surface area contributed by atoms with E-state index in [1.165, 1.54) is 12.1 Å². The number of halogens is 3. The summed E-state index contributed by atoms with van der Waals surface area (Å²) in [6, 6.07) is 4.73. The summed E-state index contributed by atoms with van der Waals surface area (Å²) in [7, 11) is 0. The van der Waals surface area contributed by atoms with E-state index >= 15 is 0 Å². The third-order valence-corrected chi connectivity index (χ3v) is 3.68. The largest absolute Gasteiger partial charge is 0.416 e. The van der Waals surface area contributed by atoms with E-state index in [0.717, 1.165) is 12.1 Å². The summed E-state index contributed by atoms with van der Waals surface area (Å²) in [5.41, 5.74) is 0.387. The highest BCUT2D eigenvalue weighted by Gasteiger charge is 2.29. The van der Waals surface area contributed by atoms with Gasteiger partial charge >= 0.3 is 6.18 Å². The molecule has 0 aliphatic heterocycles. The van der Waals surface area contributed by atoms with Gasteiger partial charge in [-0.2, -0.15) is 18.3 Å². The summed E-state index contributed by atoms with van der Waals surface area (Å²) in [5, 5.41) is 8.61. The van der Waals surface area contributed by atoms with Crippen LogP contribution in [0, 0.1) is 13.8 Å². The maximum atomic E-state index is 12.5. The van der Waals surface area contributed by atoms with Gasteiger partial charge < -0.3 is 5.32 Å². The lowest BCUT2D eigenvalue weighted by molar-refractivity contribution is -0.137. The number of aryl methyl sites for hydroxylation is 1. The van der Waals surface area contributed by atoms with Gasteiger partial charge in [-0.1, -0.05) is 12.1 Å². The molecule has 0 aliphatic rings. The number of nitrogens with zero attached hydrogens (tertiary/aromatic N) is 1. The van der Waals surface area contributed by atoms with Gasteiger partial charge in [0.15, 0.2) is 0 Å². The highest BCUT2D eigenvalue weighted by atomic mass is 19.4. The Morgan fingerprint density at radius 2 is 1.83 bits per heavy atom. The van der Waals surface area contributed by atoms with Crippen molar-refractivity contribution in [1.82, 2.24) is 15.5 Å². The van der Waals surface area contributed by atoms with E-state index in [2.05, 4.69) is 15.5 Å². The molecule has 0 unspecified atom stereocenters. The molecule has 0 fully saturated rings. The number of carbonyl (C=O) groups excluding carboxylic acids is 1. The summed E-state index contributed by atoms with van der Waals surface area (Å²) in [6.07, 6.45) is -4.02. The summed E-state index contributed by atoms with van der Waals surface area (Å²) in [4.78, 5) is 23.8. The van der Waals surface area contributed by atoms with Crippen molar-refractivity contribution in [3.63, 3.8) is 0 Å². The number of amides is 1. The molecule has 128 valence electrons. The molecule has 2 aromatic rings. The van der Waals surface area contributed by atoms with Gasteiger partial charge in [0.05, 0.1) is 11.3 Å². The zero-order chi connectivity index (χ0) is 17.9. The highest BCUT2D eigenvalue weighted by molar-refractivity contribution is 5.95. The quantitative estimate of drug-likeness (QED) is 0.898. The van der Waals surface area contributed by atoms with E-state index in [4.69, 9.17) is 0 Å². The Morgan fingerprint density at radius 3 is 2.42 bits per heavy atom. The van der Waals surface area contributed by atoms with Gasteiger partial charge in [-0.25, -0.2) is 5.10 Å². The van der Waals surface area contributed by atoms with Crippen LogP contribution in [0.25, 0.3) is 0 Å². The molecule has 0 radical (unpaired) electrons. The molecule has 0 aliphatic carbocycles. The molecule has 0 bridgehead atoms. The lowest BCUT2D eigenvalue weighted by atomic mass is 10.1. The van der Waals surface area contributed by atoms with Crippen LogP contribution in [0.4, 0.5) is 13.2 Å². The summed E-state index contributed by atoms with van der Waals surface area (Å²) >= 11 is 0. The number of nitrogens with one attached hydrogen (secondary N) is 2. The van der Waals surface area contributed by atoms with E-state index < -0.39 is 23.2 Å². The van der Waals surface area contributed by atoms with E-state index in [1.54, 1.807) is 13.8 Å². The maximum absolute atomic E-state index is 12.5. The van der Waals surface area contributed by atoms with Crippen molar-refractivity contribution in [3.8, 4) is 0 Å². The molecule has 0 spiro atoms. The molecule has 24 heavy (non-hydrogen) atoms. The van der Waals surface area contributed by atoms with Crippen molar-refractivity contribution in [1.29, 1.82) is 0 Å². The van der Waals surface area contributed by atoms with Gasteiger partial charge in [0, 0.05) is 6.54 Å². The zero-order valence-corrected chi connectivity index (χ0v) is 13.1. The SMILES string of the molecule is Cc1n[nH]c(=O)c(C(=O)NCCc2ccc(C(F)(F)F)cc2)c1C. The second-order valence-corrected chi connectivity index (χ2v) is 5.34. The number of aromatic amines is 1. The van der Waals surface area contributed by atoms with Gasteiger partial charge in [-0.05, 0) is 43.5 Å². The average molecular weight is 339 g/mol. The molecule has 1 aromatic carbocycles. The molecule has 1 aromatic heterocycles. The molecule has 1 heterocycles. The average Bonchev–Trinajstić information content (AvgIpc) is 2.51. The number of H-pyrrole nitrogens is 1. The summed E-state index contributed by atoms with van der Waals surface area (Å²) in [5.74, 6) is -0.536. The minimum Gasteiger partial charge on any atom is -0.352 e. The molecule has 0 atom stereocenters. The first-order valence-electron chi connectivity index (χ1n) is 7.20. The molecule has 0 saturated heterocycles. The predicted octanol–water partition coefficient (Wildman–Crippen LogP) is 2.38. The number of alkyl halides is 3. The second-order valence-electron chi connectivity index (χ2n) is 5.34. The first-order chi connectivity index (χ1) is 11.2. The van der Waals surface area contributed by atoms with Crippen molar-refractivity contribution in [2.75, 3.05) is 6.54 Å². The predicted molar refractivity (Wildman–Crippen MR) is 81.8 cm³/mol. The Labute approximate surface area is 135 Å². The third-order valence-electron chi connectivity index (χ3n) is 3.68. The van der Waals surface area contributed by atoms with Crippen LogP contribution in [0.5, 0.6) is 0 Å². The normalized spacial score (nSPS) is 11.4. The standard InChI is InChI=1S/C16H16F3N3O2/c1-9-10(2)21-22-15(24)13(9)14(23)20-8-7-11-3-5-12(6-4-11)16(17,18)19/h3-6H,7-8H2,1-2H3,(H,20,23)(H,22,24).